The van der Waals surface area contributed by atoms with E-state index in [2.05, 4.69) is 28.5 Å². The van der Waals surface area contributed by atoms with Crippen molar-refractivity contribution >= 4 is 22.9 Å². The Morgan fingerprint density at radius 1 is 1.19 bits per heavy atom. The van der Waals surface area contributed by atoms with E-state index in [0.717, 1.165) is 44.2 Å². The molecule has 4 rings (SSSR count). The molecule has 1 aromatic carbocycles. The fraction of sp³-hybridized carbons (Fsp3) is 0.476. The number of ether oxygens (including phenoxy) is 1. The maximum Gasteiger partial charge on any atom is 0.277 e. The molecule has 0 radical (unpaired) electrons. The van der Waals surface area contributed by atoms with Crippen LogP contribution in [0.4, 0.5) is 5.69 Å². The van der Waals surface area contributed by atoms with E-state index in [1.807, 2.05) is 34.4 Å². The maximum atomic E-state index is 12.9. The van der Waals surface area contributed by atoms with E-state index in [1.54, 1.807) is 7.11 Å². The van der Waals surface area contributed by atoms with Crippen LogP contribution in [0.2, 0.25) is 0 Å². The van der Waals surface area contributed by atoms with Gasteiger partial charge in [0.05, 0.1) is 24.2 Å². The number of rotatable bonds is 5. The number of anilines is 1. The van der Waals surface area contributed by atoms with Crippen LogP contribution in [-0.4, -0.2) is 57.2 Å². The second-order valence-electron chi connectivity index (χ2n) is 7.33. The molecule has 1 amide bonds. The predicted molar refractivity (Wildman–Crippen MR) is 109 cm³/mol. The van der Waals surface area contributed by atoms with E-state index in [0.29, 0.717) is 18.5 Å². The van der Waals surface area contributed by atoms with Gasteiger partial charge in [0, 0.05) is 39.0 Å². The molecule has 0 spiro atoms. The molecular formula is C21H28N3O2S+. The van der Waals surface area contributed by atoms with Crippen molar-refractivity contribution < 1.29 is 14.4 Å². The van der Waals surface area contributed by atoms with Gasteiger partial charge < -0.3 is 19.4 Å². The third-order valence-electron chi connectivity index (χ3n) is 5.81. The van der Waals surface area contributed by atoms with Crippen molar-refractivity contribution in [2.45, 2.75) is 18.9 Å². The summed E-state index contributed by atoms with van der Waals surface area (Å²) >= 11 is 1.82. The zero-order chi connectivity index (χ0) is 18.6. The standard InChI is InChI=1S/C21H27N3O2S/c1-26-19-8-3-2-6-17(19)22-11-13-23(14-12-22)21(25)16-24-10-4-7-18(24)20-9-5-15-27-20/h2-3,5-6,8-9,15,18H,4,7,10-14,16H2,1H3/p+1/t18-/m0/s1. The van der Waals surface area contributed by atoms with Gasteiger partial charge in [0.25, 0.3) is 5.91 Å². The van der Waals surface area contributed by atoms with Gasteiger partial charge >= 0.3 is 0 Å². The molecule has 144 valence electrons. The number of likely N-dealkylation sites (tertiary alicyclic amines) is 1. The highest BCUT2D eigenvalue weighted by Crippen LogP contribution is 2.28. The molecule has 0 saturated carbocycles. The largest absolute Gasteiger partial charge is 0.495 e. The van der Waals surface area contributed by atoms with Crippen molar-refractivity contribution in [1.82, 2.24) is 4.90 Å². The Morgan fingerprint density at radius 2 is 2.00 bits per heavy atom. The number of nitrogens with zero attached hydrogens (tertiary/aromatic N) is 2. The molecule has 6 heteroatoms. The molecule has 3 heterocycles. The number of para-hydroxylation sites is 2. The van der Waals surface area contributed by atoms with E-state index >= 15 is 0 Å². The van der Waals surface area contributed by atoms with Crippen molar-refractivity contribution in [3.63, 3.8) is 0 Å². The quantitative estimate of drug-likeness (QED) is 0.852. The number of nitrogens with one attached hydrogen (secondary N) is 1. The molecule has 2 atom stereocenters. The van der Waals surface area contributed by atoms with E-state index in [9.17, 15) is 4.79 Å². The normalized spacial score (nSPS) is 22.9. The van der Waals surface area contributed by atoms with E-state index in [1.165, 1.54) is 22.6 Å². The summed E-state index contributed by atoms with van der Waals surface area (Å²) in [5, 5.41) is 2.14. The van der Waals surface area contributed by atoms with Gasteiger partial charge in [-0.2, -0.15) is 0 Å². The molecule has 0 aliphatic carbocycles. The number of piperazine rings is 1. The summed E-state index contributed by atoms with van der Waals surface area (Å²) in [6.07, 6.45) is 2.41. The molecule has 27 heavy (non-hydrogen) atoms. The Kier molecular flexibility index (Phi) is 5.64. The van der Waals surface area contributed by atoms with Gasteiger partial charge in [0.15, 0.2) is 6.54 Å². The highest BCUT2D eigenvalue weighted by molar-refractivity contribution is 7.10. The summed E-state index contributed by atoms with van der Waals surface area (Å²) in [5.74, 6) is 1.20. The lowest BCUT2D eigenvalue weighted by atomic mass is 10.2. The number of benzene rings is 1. The average Bonchev–Trinajstić information content (AvgIpc) is 3.39. The summed E-state index contributed by atoms with van der Waals surface area (Å²) in [6, 6.07) is 13.0. The number of amides is 1. The monoisotopic (exact) mass is 386 g/mol. The van der Waals surface area contributed by atoms with Gasteiger partial charge in [-0.3, -0.25) is 4.79 Å². The van der Waals surface area contributed by atoms with Crippen molar-refractivity contribution in [1.29, 1.82) is 0 Å². The van der Waals surface area contributed by atoms with Crippen LogP contribution in [0.3, 0.4) is 0 Å². The molecule has 2 aromatic rings. The third kappa shape index (κ3) is 3.96. The van der Waals surface area contributed by atoms with E-state index in [-0.39, 0.29) is 0 Å². The number of thiophene rings is 1. The minimum atomic E-state index is 0.299. The number of quaternary nitrogens is 1. The van der Waals surface area contributed by atoms with Crippen molar-refractivity contribution in [2.75, 3.05) is 51.3 Å². The fourth-order valence-electron chi connectivity index (χ4n) is 4.35. The molecule has 2 saturated heterocycles. The fourth-order valence-corrected chi connectivity index (χ4v) is 5.27. The third-order valence-corrected chi connectivity index (χ3v) is 6.79. The van der Waals surface area contributed by atoms with Crippen LogP contribution in [0.5, 0.6) is 5.75 Å². The number of methoxy groups -OCH3 is 1. The molecule has 1 unspecified atom stereocenters. The molecule has 0 bridgehead atoms. The first-order chi connectivity index (χ1) is 13.3. The zero-order valence-corrected chi connectivity index (χ0v) is 16.7. The first-order valence-electron chi connectivity index (χ1n) is 9.80. The summed E-state index contributed by atoms with van der Waals surface area (Å²) in [4.78, 5) is 20.1. The van der Waals surface area contributed by atoms with Gasteiger partial charge in [-0.25, -0.2) is 0 Å². The molecular weight excluding hydrogens is 358 g/mol. The smallest absolute Gasteiger partial charge is 0.277 e. The first kappa shape index (κ1) is 18.3. The summed E-state index contributed by atoms with van der Waals surface area (Å²) in [5.41, 5.74) is 1.12. The number of carbonyl (C=O) groups is 1. The number of hydrogen-bond donors (Lipinski definition) is 1. The Hall–Kier alpha value is -2.05. The molecule has 2 aliphatic rings. The molecule has 2 aliphatic heterocycles. The van der Waals surface area contributed by atoms with Gasteiger partial charge in [-0.15, -0.1) is 11.3 Å². The highest BCUT2D eigenvalue weighted by atomic mass is 32.1. The predicted octanol–water partition coefficient (Wildman–Crippen LogP) is 1.83. The second-order valence-corrected chi connectivity index (χ2v) is 8.31. The van der Waals surface area contributed by atoms with Crippen LogP contribution in [0.25, 0.3) is 0 Å². The van der Waals surface area contributed by atoms with Crippen LogP contribution in [0.1, 0.15) is 23.8 Å². The molecule has 1 N–H and O–H groups in total. The lowest BCUT2D eigenvalue weighted by Gasteiger charge is -2.37. The van der Waals surface area contributed by atoms with Gasteiger partial charge in [-0.1, -0.05) is 18.2 Å². The highest BCUT2D eigenvalue weighted by Gasteiger charge is 2.34. The van der Waals surface area contributed by atoms with E-state index in [4.69, 9.17) is 4.74 Å². The van der Waals surface area contributed by atoms with Crippen LogP contribution in [0.15, 0.2) is 41.8 Å². The van der Waals surface area contributed by atoms with Crippen LogP contribution in [0, 0.1) is 0 Å². The van der Waals surface area contributed by atoms with Crippen molar-refractivity contribution in [3.8, 4) is 5.75 Å². The Morgan fingerprint density at radius 3 is 2.74 bits per heavy atom. The molecule has 2 fully saturated rings. The van der Waals surface area contributed by atoms with Gasteiger partial charge in [0.1, 0.15) is 11.8 Å². The van der Waals surface area contributed by atoms with Gasteiger partial charge in [0.2, 0.25) is 0 Å². The Bertz CT molecular complexity index is 757. The minimum absolute atomic E-state index is 0.299. The first-order valence-corrected chi connectivity index (χ1v) is 10.7. The lowest BCUT2D eigenvalue weighted by Crippen LogP contribution is -3.11. The van der Waals surface area contributed by atoms with Crippen LogP contribution in [-0.2, 0) is 4.79 Å². The molecule has 1 aromatic heterocycles. The average molecular weight is 387 g/mol. The number of carbonyl (C=O) groups excluding carboxylic acids is 1. The van der Waals surface area contributed by atoms with Crippen LogP contribution >= 0.6 is 11.3 Å². The summed E-state index contributed by atoms with van der Waals surface area (Å²) < 4.78 is 5.48. The van der Waals surface area contributed by atoms with Crippen molar-refractivity contribution in [3.05, 3.63) is 46.7 Å². The zero-order valence-electron chi connectivity index (χ0n) is 15.9. The van der Waals surface area contributed by atoms with E-state index < -0.39 is 0 Å². The van der Waals surface area contributed by atoms with Crippen molar-refractivity contribution in [2.24, 2.45) is 0 Å². The number of hydrogen-bond acceptors (Lipinski definition) is 4. The Balaban J connectivity index is 1.33. The molecule has 5 nitrogen and oxygen atoms in total. The topological polar surface area (TPSA) is 37.2 Å². The minimum Gasteiger partial charge on any atom is -0.495 e. The lowest BCUT2D eigenvalue weighted by molar-refractivity contribution is -0.910. The maximum absolute atomic E-state index is 12.9. The van der Waals surface area contributed by atoms with Crippen LogP contribution < -0.4 is 14.5 Å². The SMILES string of the molecule is COc1ccccc1N1CCN(C(=O)C[NH+]2CCC[C@H]2c2cccs2)CC1. The summed E-state index contributed by atoms with van der Waals surface area (Å²) in [6.45, 7) is 5.01. The van der Waals surface area contributed by atoms with Gasteiger partial charge in [-0.05, 0) is 23.6 Å². The second kappa shape index (κ2) is 8.31. The Labute approximate surface area is 165 Å². The summed E-state index contributed by atoms with van der Waals surface area (Å²) in [7, 11) is 1.71.